The van der Waals surface area contributed by atoms with Gasteiger partial charge >= 0.3 is 18.1 Å². The van der Waals surface area contributed by atoms with Crippen molar-refractivity contribution in [1.29, 1.82) is 0 Å². The van der Waals surface area contributed by atoms with E-state index in [-0.39, 0.29) is 19.4 Å². The van der Waals surface area contributed by atoms with Crippen molar-refractivity contribution >= 4 is 11.9 Å². The second-order valence-corrected chi connectivity index (χ2v) is 3.75. The molecule has 0 aliphatic rings. The Morgan fingerprint density at radius 1 is 1.11 bits per heavy atom. The highest BCUT2D eigenvalue weighted by atomic mass is 19.4. The number of carboxylic acids is 1. The fourth-order valence-electron chi connectivity index (χ4n) is 1.23. The Labute approximate surface area is 106 Å². The van der Waals surface area contributed by atoms with E-state index >= 15 is 0 Å². The van der Waals surface area contributed by atoms with Gasteiger partial charge in [0.25, 0.3) is 0 Å². The van der Waals surface area contributed by atoms with E-state index in [0.29, 0.717) is 5.56 Å². The molecule has 0 spiro atoms. The van der Waals surface area contributed by atoms with Crippen LogP contribution in [-0.4, -0.2) is 17.0 Å². The Balaban J connectivity index is 2.46. The third kappa shape index (κ3) is 5.41. The van der Waals surface area contributed by atoms with Gasteiger partial charge in [-0.2, -0.15) is 13.2 Å². The minimum atomic E-state index is -4.41. The zero-order valence-electron chi connectivity index (χ0n) is 9.74. The second-order valence-electron chi connectivity index (χ2n) is 3.75. The molecule has 0 aromatic heterocycles. The van der Waals surface area contributed by atoms with Gasteiger partial charge in [-0.15, -0.1) is 0 Å². The number of hydrogen-bond acceptors (Lipinski definition) is 3. The van der Waals surface area contributed by atoms with Crippen molar-refractivity contribution < 1.29 is 32.6 Å². The summed E-state index contributed by atoms with van der Waals surface area (Å²) in [6, 6.07) is 4.18. The number of esters is 1. The number of carbonyl (C=O) groups is 2. The van der Waals surface area contributed by atoms with E-state index in [1.165, 1.54) is 12.1 Å². The molecule has 1 aromatic carbocycles. The highest BCUT2D eigenvalue weighted by Gasteiger charge is 2.29. The van der Waals surface area contributed by atoms with Gasteiger partial charge in [0, 0.05) is 0 Å². The van der Waals surface area contributed by atoms with Gasteiger partial charge in [0.05, 0.1) is 18.4 Å². The molecule has 0 amide bonds. The number of halogens is 3. The topological polar surface area (TPSA) is 63.6 Å². The van der Waals surface area contributed by atoms with Crippen molar-refractivity contribution in [2.75, 3.05) is 0 Å². The summed E-state index contributed by atoms with van der Waals surface area (Å²) in [6.07, 6.45) is -5.02. The lowest BCUT2D eigenvalue weighted by Crippen LogP contribution is -2.08. The van der Waals surface area contributed by atoms with Crippen molar-refractivity contribution in [3.63, 3.8) is 0 Å². The fourth-order valence-corrected chi connectivity index (χ4v) is 1.23. The third-order valence-electron chi connectivity index (χ3n) is 2.22. The predicted molar refractivity (Wildman–Crippen MR) is 58.1 cm³/mol. The number of ether oxygens (including phenoxy) is 1. The number of hydrogen-bond donors (Lipinski definition) is 1. The fraction of sp³-hybridized carbons (Fsp3) is 0.333. The molecule has 104 valence electrons. The first-order valence-electron chi connectivity index (χ1n) is 5.32. The van der Waals surface area contributed by atoms with Gasteiger partial charge in [-0.05, 0) is 17.7 Å². The number of aliphatic carboxylic acids is 1. The van der Waals surface area contributed by atoms with Gasteiger partial charge in [-0.25, -0.2) is 0 Å². The van der Waals surface area contributed by atoms with Crippen molar-refractivity contribution in [1.82, 2.24) is 0 Å². The van der Waals surface area contributed by atoms with Crippen LogP contribution in [0.2, 0.25) is 0 Å². The molecule has 1 N–H and O–H groups in total. The summed E-state index contributed by atoms with van der Waals surface area (Å²) in [4.78, 5) is 21.3. The molecule has 1 aromatic rings. The van der Waals surface area contributed by atoms with Gasteiger partial charge in [-0.3, -0.25) is 9.59 Å². The maximum Gasteiger partial charge on any atom is 0.416 e. The number of carbonyl (C=O) groups excluding carboxylic acids is 1. The molecular weight excluding hydrogens is 265 g/mol. The summed E-state index contributed by atoms with van der Waals surface area (Å²) in [5.74, 6) is -1.83. The van der Waals surface area contributed by atoms with Crippen LogP contribution in [-0.2, 0) is 27.1 Å². The Bertz CT molecular complexity index is 451. The standard InChI is InChI=1S/C12H11F3O4/c13-12(14,15)9-3-1-8(2-4-9)7-19-11(18)6-5-10(16)17/h1-4H,5-7H2,(H,16,17). The van der Waals surface area contributed by atoms with E-state index in [2.05, 4.69) is 0 Å². The maximum atomic E-state index is 12.3. The van der Waals surface area contributed by atoms with Crippen LogP contribution in [0, 0.1) is 0 Å². The van der Waals surface area contributed by atoms with Crippen LogP contribution in [0.15, 0.2) is 24.3 Å². The normalized spacial score (nSPS) is 11.1. The molecule has 0 unspecified atom stereocenters. The van der Waals surface area contributed by atoms with Crippen LogP contribution >= 0.6 is 0 Å². The van der Waals surface area contributed by atoms with E-state index in [4.69, 9.17) is 9.84 Å². The molecule has 1 rings (SSSR count). The highest BCUT2D eigenvalue weighted by molar-refractivity contribution is 5.76. The lowest BCUT2D eigenvalue weighted by Gasteiger charge is -2.08. The average Bonchev–Trinajstić information content (AvgIpc) is 2.33. The predicted octanol–water partition coefficient (Wildman–Crippen LogP) is 2.61. The minimum absolute atomic E-state index is 0.184. The molecular formula is C12H11F3O4. The number of carboxylic acid groups (broad SMARTS) is 1. The summed E-state index contributed by atoms with van der Waals surface area (Å²) < 4.78 is 41.5. The quantitative estimate of drug-likeness (QED) is 0.840. The summed E-state index contributed by atoms with van der Waals surface area (Å²) >= 11 is 0. The molecule has 0 aliphatic heterocycles. The van der Waals surface area contributed by atoms with E-state index in [1.807, 2.05) is 0 Å². The molecule has 0 heterocycles. The number of alkyl halides is 3. The van der Waals surface area contributed by atoms with Crippen molar-refractivity contribution in [3.05, 3.63) is 35.4 Å². The second kappa shape index (κ2) is 6.21. The Morgan fingerprint density at radius 3 is 2.16 bits per heavy atom. The first kappa shape index (κ1) is 15.0. The van der Waals surface area contributed by atoms with Gasteiger partial charge < -0.3 is 9.84 Å². The minimum Gasteiger partial charge on any atom is -0.481 e. The molecule has 0 saturated carbocycles. The molecule has 0 bridgehead atoms. The van der Waals surface area contributed by atoms with E-state index < -0.39 is 23.7 Å². The smallest absolute Gasteiger partial charge is 0.416 e. The van der Waals surface area contributed by atoms with Crippen molar-refractivity contribution in [3.8, 4) is 0 Å². The zero-order valence-corrected chi connectivity index (χ0v) is 9.74. The largest absolute Gasteiger partial charge is 0.481 e. The van der Waals surface area contributed by atoms with Crippen LogP contribution in [0.25, 0.3) is 0 Å². The molecule has 19 heavy (non-hydrogen) atoms. The highest BCUT2D eigenvalue weighted by Crippen LogP contribution is 2.29. The van der Waals surface area contributed by atoms with E-state index in [1.54, 1.807) is 0 Å². The first-order valence-corrected chi connectivity index (χ1v) is 5.32. The Morgan fingerprint density at radius 2 is 1.68 bits per heavy atom. The summed E-state index contributed by atoms with van der Waals surface area (Å²) in [5, 5.41) is 8.34. The Kier molecular flexibility index (Phi) is 4.91. The monoisotopic (exact) mass is 276 g/mol. The molecule has 4 nitrogen and oxygen atoms in total. The van der Waals surface area contributed by atoms with Crippen LogP contribution in [0.5, 0.6) is 0 Å². The third-order valence-corrected chi connectivity index (χ3v) is 2.22. The maximum absolute atomic E-state index is 12.3. The molecule has 0 aliphatic carbocycles. The lowest BCUT2D eigenvalue weighted by molar-refractivity contribution is -0.148. The van der Waals surface area contributed by atoms with Gasteiger partial charge in [0.15, 0.2) is 0 Å². The van der Waals surface area contributed by atoms with Crippen LogP contribution in [0.3, 0.4) is 0 Å². The van der Waals surface area contributed by atoms with Crippen LogP contribution in [0.4, 0.5) is 13.2 Å². The summed E-state index contributed by atoms with van der Waals surface area (Å²) in [6.45, 7) is -0.184. The summed E-state index contributed by atoms with van der Waals surface area (Å²) in [7, 11) is 0. The van der Waals surface area contributed by atoms with E-state index in [0.717, 1.165) is 12.1 Å². The first-order chi connectivity index (χ1) is 8.79. The lowest BCUT2D eigenvalue weighted by atomic mass is 10.1. The molecule has 0 saturated heterocycles. The van der Waals surface area contributed by atoms with E-state index in [9.17, 15) is 22.8 Å². The van der Waals surface area contributed by atoms with Crippen LogP contribution < -0.4 is 0 Å². The Hall–Kier alpha value is -2.05. The van der Waals surface area contributed by atoms with Gasteiger partial charge in [-0.1, -0.05) is 12.1 Å². The molecule has 0 atom stereocenters. The molecule has 7 heteroatoms. The van der Waals surface area contributed by atoms with Gasteiger partial charge in [0.2, 0.25) is 0 Å². The SMILES string of the molecule is O=C(O)CCC(=O)OCc1ccc(C(F)(F)F)cc1. The number of rotatable bonds is 5. The molecule has 0 fully saturated rings. The van der Waals surface area contributed by atoms with Crippen molar-refractivity contribution in [2.45, 2.75) is 25.6 Å². The van der Waals surface area contributed by atoms with Gasteiger partial charge in [0.1, 0.15) is 6.61 Å². The average molecular weight is 276 g/mol. The molecule has 0 radical (unpaired) electrons. The van der Waals surface area contributed by atoms with Crippen LogP contribution in [0.1, 0.15) is 24.0 Å². The van der Waals surface area contributed by atoms with Crippen molar-refractivity contribution in [2.24, 2.45) is 0 Å². The zero-order chi connectivity index (χ0) is 14.5. The summed E-state index contributed by atoms with van der Waals surface area (Å²) in [5.41, 5.74) is -0.384. The number of benzene rings is 1.